The first kappa shape index (κ1) is 14.7. The maximum absolute atomic E-state index is 11.7. The summed E-state index contributed by atoms with van der Waals surface area (Å²) in [5.74, 6) is -0.0874. The maximum atomic E-state index is 11.7. The van der Waals surface area contributed by atoms with Crippen molar-refractivity contribution in [3.63, 3.8) is 0 Å². The van der Waals surface area contributed by atoms with Crippen molar-refractivity contribution in [1.82, 2.24) is 20.1 Å². The fourth-order valence-corrected chi connectivity index (χ4v) is 2.30. The number of anilines is 1. The number of nitrogens with one attached hydrogen (secondary N) is 2. The Morgan fingerprint density at radius 3 is 2.90 bits per heavy atom. The molecule has 0 bridgehead atoms. The number of hydrogen-bond acceptors (Lipinski definition) is 5. The Bertz CT molecular complexity index is 551. The Labute approximate surface area is 122 Å². The second-order valence-corrected chi connectivity index (χ2v) is 5.69. The number of aryl methyl sites for hydroxylation is 1. The van der Waals surface area contributed by atoms with Gasteiger partial charge in [0.05, 0.1) is 18.8 Å². The smallest absolute Gasteiger partial charge is 0.240 e. The molecule has 0 unspecified atom stereocenters. The monoisotopic (exact) mass is 293 g/mol. The van der Waals surface area contributed by atoms with Crippen molar-refractivity contribution in [2.75, 3.05) is 11.9 Å². The summed E-state index contributed by atoms with van der Waals surface area (Å²) < 4.78 is 1.91. The van der Waals surface area contributed by atoms with Gasteiger partial charge in [-0.25, -0.2) is 4.98 Å². The predicted octanol–water partition coefficient (Wildman–Crippen LogP) is 1.83. The maximum Gasteiger partial charge on any atom is 0.240 e. The van der Waals surface area contributed by atoms with E-state index >= 15 is 0 Å². The van der Waals surface area contributed by atoms with Crippen LogP contribution in [0.15, 0.2) is 24.0 Å². The molecule has 2 aromatic heterocycles. The summed E-state index contributed by atoms with van der Waals surface area (Å²) in [7, 11) is 0. The normalized spacial score (nSPS) is 13.9. The largest absolute Gasteiger partial charge is 0.304 e. The van der Waals surface area contributed by atoms with Crippen LogP contribution in [0.2, 0.25) is 0 Å². The van der Waals surface area contributed by atoms with Gasteiger partial charge in [-0.3, -0.25) is 9.48 Å². The van der Waals surface area contributed by atoms with Crippen molar-refractivity contribution in [3.05, 3.63) is 29.5 Å². The first-order valence-electron chi connectivity index (χ1n) is 6.49. The molecule has 0 aliphatic rings. The molecule has 2 heterocycles. The Morgan fingerprint density at radius 1 is 1.50 bits per heavy atom. The van der Waals surface area contributed by atoms with E-state index in [1.807, 2.05) is 36.3 Å². The molecule has 6 nitrogen and oxygen atoms in total. The van der Waals surface area contributed by atoms with Gasteiger partial charge in [-0.1, -0.05) is 0 Å². The van der Waals surface area contributed by atoms with Crippen LogP contribution in [-0.4, -0.2) is 33.3 Å². The summed E-state index contributed by atoms with van der Waals surface area (Å²) in [5.41, 5.74) is 1.13. The standard InChI is InChI=1S/C13H19N5OS/c1-9-6-16-18(8-9)11(3)10(2)15-7-12(19)17-13-14-4-5-20-13/h4-6,8,10-11,15H,7H2,1-3H3,(H,14,17,19)/t10-,11-/m1/s1. The quantitative estimate of drug-likeness (QED) is 0.852. The third-order valence-electron chi connectivity index (χ3n) is 3.13. The molecule has 0 spiro atoms. The SMILES string of the molecule is Cc1cnn([C@H](C)[C@@H](C)NCC(=O)Nc2nccs2)c1. The number of hydrogen-bond donors (Lipinski definition) is 2. The van der Waals surface area contributed by atoms with Gasteiger partial charge in [-0.15, -0.1) is 11.3 Å². The molecule has 0 saturated heterocycles. The van der Waals surface area contributed by atoms with Crippen LogP contribution in [0.5, 0.6) is 0 Å². The van der Waals surface area contributed by atoms with Gasteiger partial charge in [0.15, 0.2) is 5.13 Å². The second-order valence-electron chi connectivity index (χ2n) is 4.79. The molecule has 108 valence electrons. The summed E-state index contributed by atoms with van der Waals surface area (Å²) in [6, 6.07) is 0.313. The lowest BCUT2D eigenvalue weighted by atomic mass is 10.2. The summed E-state index contributed by atoms with van der Waals surface area (Å²) in [4.78, 5) is 15.8. The van der Waals surface area contributed by atoms with Crippen molar-refractivity contribution in [2.24, 2.45) is 0 Å². The highest BCUT2D eigenvalue weighted by Crippen LogP contribution is 2.11. The molecule has 0 aliphatic carbocycles. The van der Waals surface area contributed by atoms with Crippen LogP contribution in [0.3, 0.4) is 0 Å². The number of aromatic nitrogens is 3. The molecule has 2 N–H and O–H groups in total. The van der Waals surface area contributed by atoms with Crippen LogP contribution in [-0.2, 0) is 4.79 Å². The molecule has 2 atom stereocenters. The highest BCUT2D eigenvalue weighted by molar-refractivity contribution is 7.13. The topological polar surface area (TPSA) is 71.8 Å². The van der Waals surface area contributed by atoms with Crippen molar-refractivity contribution in [2.45, 2.75) is 32.9 Å². The van der Waals surface area contributed by atoms with Gasteiger partial charge in [-0.05, 0) is 26.3 Å². The van der Waals surface area contributed by atoms with Crippen molar-refractivity contribution < 1.29 is 4.79 Å². The average molecular weight is 293 g/mol. The van der Waals surface area contributed by atoms with Gasteiger partial charge >= 0.3 is 0 Å². The van der Waals surface area contributed by atoms with Gasteiger partial charge in [0.25, 0.3) is 0 Å². The minimum atomic E-state index is -0.0874. The molecular weight excluding hydrogens is 274 g/mol. The third-order valence-corrected chi connectivity index (χ3v) is 3.82. The number of thiazole rings is 1. The lowest BCUT2D eigenvalue weighted by Gasteiger charge is -2.21. The Morgan fingerprint density at radius 2 is 2.30 bits per heavy atom. The molecule has 0 saturated carbocycles. The Balaban J connectivity index is 1.79. The van der Waals surface area contributed by atoms with Crippen LogP contribution >= 0.6 is 11.3 Å². The number of carbonyl (C=O) groups is 1. The molecule has 0 aliphatic heterocycles. The molecule has 0 fully saturated rings. The zero-order valence-electron chi connectivity index (χ0n) is 11.8. The molecule has 0 aromatic carbocycles. The third kappa shape index (κ3) is 3.88. The number of rotatable bonds is 6. The van der Waals surface area contributed by atoms with E-state index in [9.17, 15) is 4.79 Å². The molecule has 2 rings (SSSR count). The second kappa shape index (κ2) is 6.62. The molecular formula is C13H19N5OS. The van der Waals surface area contributed by atoms with E-state index in [4.69, 9.17) is 0 Å². The minimum absolute atomic E-state index is 0.0874. The zero-order valence-corrected chi connectivity index (χ0v) is 12.6. The first-order valence-corrected chi connectivity index (χ1v) is 7.37. The van der Waals surface area contributed by atoms with Crippen LogP contribution < -0.4 is 10.6 Å². The van der Waals surface area contributed by atoms with Crippen molar-refractivity contribution >= 4 is 22.4 Å². The summed E-state index contributed by atoms with van der Waals surface area (Å²) >= 11 is 1.41. The minimum Gasteiger partial charge on any atom is -0.304 e. The van der Waals surface area contributed by atoms with E-state index in [1.165, 1.54) is 11.3 Å². The Hall–Kier alpha value is -1.73. The number of nitrogens with zero attached hydrogens (tertiary/aromatic N) is 3. The van der Waals surface area contributed by atoms with Crippen LogP contribution in [0.25, 0.3) is 0 Å². The number of amides is 1. The molecule has 1 amide bonds. The summed E-state index contributed by atoms with van der Waals surface area (Å²) in [6.45, 7) is 6.38. The van der Waals surface area contributed by atoms with Gasteiger partial charge in [0.2, 0.25) is 5.91 Å². The van der Waals surface area contributed by atoms with E-state index in [0.29, 0.717) is 5.13 Å². The number of carbonyl (C=O) groups excluding carboxylic acids is 1. The highest BCUT2D eigenvalue weighted by Gasteiger charge is 2.15. The van der Waals surface area contributed by atoms with Gasteiger partial charge < -0.3 is 10.6 Å². The van der Waals surface area contributed by atoms with Crippen LogP contribution in [0.1, 0.15) is 25.5 Å². The fourth-order valence-electron chi connectivity index (χ4n) is 1.76. The van der Waals surface area contributed by atoms with E-state index in [2.05, 4.69) is 27.6 Å². The van der Waals surface area contributed by atoms with E-state index in [-0.39, 0.29) is 24.5 Å². The molecule has 2 aromatic rings. The summed E-state index contributed by atoms with van der Waals surface area (Å²) in [5, 5.41) is 12.7. The Kier molecular flexibility index (Phi) is 4.86. The molecule has 20 heavy (non-hydrogen) atoms. The average Bonchev–Trinajstić information content (AvgIpc) is 3.06. The molecule has 7 heteroatoms. The van der Waals surface area contributed by atoms with Gasteiger partial charge in [-0.2, -0.15) is 5.10 Å². The first-order chi connectivity index (χ1) is 9.56. The van der Waals surface area contributed by atoms with Gasteiger partial charge in [0, 0.05) is 23.8 Å². The van der Waals surface area contributed by atoms with E-state index < -0.39 is 0 Å². The lowest BCUT2D eigenvalue weighted by Crippen LogP contribution is -2.39. The lowest BCUT2D eigenvalue weighted by molar-refractivity contribution is -0.115. The van der Waals surface area contributed by atoms with Crippen LogP contribution in [0.4, 0.5) is 5.13 Å². The van der Waals surface area contributed by atoms with Crippen molar-refractivity contribution in [1.29, 1.82) is 0 Å². The van der Waals surface area contributed by atoms with Crippen molar-refractivity contribution in [3.8, 4) is 0 Å². The molecule has 0 radical (unpaired) electrons. The zero-order chi connectivity index (χ0) is 14.5. The van der Waals surface area contributed by atoms with Crippen LogP contribution in [0, 0.1) is 6.92 Å². The highest BCUT2D eigenvalue weighted by atomic mass is 32.1. The predicted molar refractivity (Wildman–Crippen MR) is 79.9 cm³/mol. The van der Waals surface area contributed by atoms with Gasteiger partial charge in [0.1, 0.15) is 0 Å². The van der Waals surface area contributed by atoms with E-state index in [1.54, 1.807) is 6.20 Å². The van der Waals surface area contributed by atoms with E-state index in [0.717, 1.165) is 5.56 Å². The fraction of sp³-hybridized carbons (Fsp3) is 0.462. The summed E-state index contributed by atoms with van der Waals surface area (Å²) in [6.07, 6.45) is 5.50.